The minimum absolute atomic E-state index is 0.0147. The van der Waals surface area contributed by atoms with Gasteiger partial charge in [0, 0.05) is 30.3 Å². The van der Waals surface area contributed by atoms with Gasteiger partial charge in [0.2, 0.25) is 5.82 Å². The molecule has 1 unspecified atom stereocenters. The van der Waals surface area contributed by atoms with Crippen molar-refractivity contribution in [2.45, 2.75) is 43.7 Å². The van der Waals surface area contributed by atoms with Crippen molar-refractivity contribution in [2.75, 3.05) is 6.54 Å². The van der Waals surface area contributed by atoms with E-state index >= 15 is 0 Å². The predicted octanol–water partition coefficient (Wildman–Crippen LogP) is 5.43. The van der Waals surface area contributed by atoms with Gasteiger partial charge in [-0.3, -0.25) is 9.20 Å². The highest BCUT2D eigenvalue weighted by Gasteiger charge is 2.50. The molecule has 35 heavy (non-hydrogen) atoms. The molecule has 1 N–H and O–H groups in total. The Morgan fingerprint density at radius 1 is 0.971 bits per heavy atom. The lowest BCUT2D eigenvalue weighted by Gasteiger charge is -2.52. The van der Waals surface area contributed by atoms with E-state index in [2.05, 4.69) is 0 Å². The van der Waals surface area contributed by atoms with E-state index in [1.54, 1.807) is 12.1 Å². The first kappa shape index (κ1) is 22.0. The number of fused-ring (bicyclic) bond motifs is 2. The molecule has 0 radical (unpaired) electrons. The second kappa shape index (κ2) is 8.61. The number of halogens is 1. The number of aromatic nitrogens is 2. The number of carbonyl (C=O) groups excluding carboxylic acids is 1. The topological polar surface area (TPSA) is 57.8 Å². The average molecular weight is 470 g/mol. The minimum Gasteiger partial charge on any atom is -0.385 e. The smallest absolute Gasteiger partial charge is 0.290 e. The van der Waals surface area contributed by atoms with E-state index in [9.17, 15) is 14.3 Å². The third-order valence-corrected chi connectivity index (χ3v) is 7.87. The van der Waals surface area contributed by atoms with Gasteiger partial charge in [-0.25, -0.2) is 9.37 Å². The SMILES string of the molecule is O=C(c1nc(-c2ccc(F)cc2)c2ccccn12)N1CCC(O)(c2ccccc2)[C@H]2CCCC[C@H]21. The van der Waals surface area contributed by atoms with Crippen LogP contribution in [0.15, 0.2) is 79.0 Å². The fourth-order valence-corrected chi connectivity index (χ4v) is 6.16. The van der Waals surface area contributed by atoms with Crippen molar-refractivity contribution in [1.82, 2.24) is 14.3 Å². The first-order chi connectivity index (χ1) is 17.1. The zero-order valence-electron chi connectivity index (χ0n) is 19.5. The van der Waals surface area contributed by atoms with Crippen molar-refractivity contribution >= 4 is 11.4 Å². The monoisotopic (exact) mass is 469 g/mol. The van der Waals surface area contributed by atoms with Crippen molar-refractivity contribution in [3.8, 4) is 11.3 Å². The maximum absolute atomic E-state index is 14.0. The van der Waals surface area contributed by atoms with Crippen LogP contribution in [0.2, 0.25) is 0 Å². The molecular formula is C29H28FN3O2. The number of imidazole rings is 1. The largest absolute Gasteiger partial charge is 0.385 e. The van der Waals surface area contributed by atoms with Crippen molar-refractivity contribution in [3.05, 3.63) is 96.2 Å². The Kier molecular flexibility index (Phi) is 5.41. The molecule has 1 aliphatic carbocycles. The predicted molar refractivity (Wildman–Crippen MR) is 132 cm³/mol. The zero-order chi connectivity index (χ0) is 24.0. The number of piperidine rings is 1. The fraction of sp³-hybridized carbons (Fsp3) is 0.310. The van der Waals surface area contributed by atoms with Gasteiger partial charge in [0.05, 0.1) is 16.8 Å². The molecule has 1 saturated carbocycles. The van der Waals surface area contributed by atoms with Crippen LogP contribution >= 0.6 is 0 Å². The zero-order valence-corrected chi connectivity index (χ0v) is 19.5. The van der Waals surface area contributed by atoms with Gasteiger partial charge in [-0.2, -0.15) is 0 Å². The van der Waals surface area contributed by atoms with Crippen LogP contribution in [-0.2, 0) is 5.60 Å². The Morgan fingerprint density at radius 3 is 2.51 bits per heavy atom. The molecule has 1 amide bonds. The Labute approximate surface area is 203 Å². The van der Waals surface area contributed by atoms with Crippen LogP contribution in [0.3, 0.4) is 0 Å². The third-order valence-electron chi connectivity index (χ3n) is 7.87. The number of hydrogen-bond donors (Lipinski definition) is 1. The molecule has 6 heteroatoms. The summed E-state index contributed by atoms with van der Waals surface area (Å²) in [6.45, 7) is 0.471. The van der Waals surface area contributed by atoms with Crippen molar-refractivity contribution in [1.29, 1.82) is 0 Å². The van der Waals surface area contributed by atoms with Crippen LogP contribution in [0.1, 0.15) is 48.3 Å². The third kappa shape index (κ3) is 3.64. The molecule has 5 nitrogen and oxygen atoms in total. The lowest BCUT2D eigenvalue weighted by Crippen LogP contribution is -2.59. The van der Waals surface area contributed by atoms with Crippen molar-refractivity contribution in [2.24, 2.45) is 5.92 Å². The van der Waals surface area contributed by atoms with Gasteiger partial charge in [0.25, 0.3) is 5.91 Å². The quantitative estimate of drug-likeness (QED) is 0.435. The number of rotatable bonds is 3. The lowest BCUT2D eigenvalue weighted by molar-refractivity contribution is -0.110. The highest BCUT2D eigenvalue weighted by molar-refractivity contribution is 5.95. The highest BCUT2D eigenvalue weighted by Crippen LogP contribution is 2.47. The summed E-state index contributed by atoms with van der Waals surface area (Å²) in [4.78, 5) is 20.7. The highest BCUT2D eigenvalue weighted by atomic mass is 19.1. The number of amides is 1. The second-order valence-corrected chi connectivity index (χ2v) is 9.74. The van der Waals surface area contributed by atoms with Gasteiger partial charge in [0.15, 0.2) is 0 Å². The molecule has 3 heterocycles. The number of likely N-dealkylation sites (tertiary alicyclic amines) is 1. The van der Waals surface area contributed by atoms with Gasteiger partial charge in [0.1, 0.15) is 5.82 Å². The standard InChI is InChI=1S/C29H28FN3O2/c30-22-15-13-20(14-16-22)26-25-12-6-7-18-32(25)27(31-26)28(34)33-19-17-29(35,21-8-2-1-3-9-21)23-10-4-5-11-24(23)33/h1-3,6-9,12-16,18,23-24,35H,4-5,10-11,17,19H2/t23-,24+,29?/m0/s1. The molecule has 4 aromatic rings. The Morgan fingerprint density at radius 2 is 1.71 bits per heavy atom. The lowest BCUT2D eigenvalue weighted by atomic mass is 9.66. The summed E-state index contributed by atoms with van der Waals surface area (Å²) < 4.78 is 15.4. The van der Waals surface area contributed by atoms with Crippen LogP contribution in [0.25, 0.3) is 16.8 Å². The first-order valence-electron chi connectivity index (χ1n) is 12.4. The van der Waals surface area contributed by atoms with Gasteiger partial charge < -0.3 is 10.0 Å². The van der Waals surface area contributed by atoms with E-state index in [1.165, 1.54) is 12.1 Å². The van der Waals surface area contributed by atoms with E-state index in [0.717, 1.165) is 42.3 Å². The normalized spacial score (nSPS) is 24.3. The molecule has 1 saturated heterocycles. The summed E-state index contributed by atoms with van der Waals surface area (Å²) in [6, 6.07) is 21.8. The molecule has 0 bridgehead atoms. The van der Waals surface area contributed by atoms with Gasteiger partial charge in [-0.05, 0) is 61.2 Å². The summed E-state index contributed by atoms with van der Waals surface area (Å²) in [6.07, 6.45) is 6.21. The van der Waals surface area contributed by atoms with Crippen LogP contribution in [0.5, 0.6) is 0 Å². The van der Waals surface area contributed by atoms with Gasteiger partial charge >= 0.3 is 0 Å². The molecule has 2 fully saturated rings. The molecule has 2 aromatic carbocycles. The summed E-state index contributed by atoms with van der Waals surface area (Å²) >= 11 is 0. The molecule has 2 aliphatic rings. The Bertz CT molecular complexity index is 1370. The average Bonchev–Trinajstić information content (AvgIpc) is 3.29. The fourth-order valence-electron chi connectivity index (χ4n) is 6.16. The van der Waals surface area contributed by atoms with Crippen LogP contribution in [-0.4, -0.2) is 37.9 Å². The van der Waals surface area contributed by atoms with E-state index in [0.29, 0.717) is 24.5 Å². The molecule has 178 valence electrons. The maximum atomic E-state index is 14.0. The number of benzene rings is 2. The van der Waals surface area contributed by atoms with Gasteiger partial charge in [-0.15, -0.1) is 0 Å². The van der Waals surface area contributed by atoms with E-state index in [1.807, 2.05) is 64.0 Å². The van der Waals surface area contributed by atoms with E-state index in [-0.39, 0.29) is 23.7 Å². The summed E-state index contributed by atoms with van der Waals surface area (Å²) in [5, 5.41) is 11.9. The van der Waals surface area contributed by atoms with Crippen LogP contribution in [0, 0.1) is 11.7 Å². The molecule has 2 aromatic heterocycles. The molecular weight excluding hydrogens is 441 g/mol. The van der Waals surface area contributed by atoms with Gasteiger partial charge in [-0.1, -0.05) is 49.2 Å². The molecule has 3 atom stereocenters. The molecule has 0 spiro atoms. The van der Waals surface area contributed by atoms with E-state index in [4.69, 9.17) is 4.98 Å². The first-order valence-corrected chi connectivity index (χ1v) is 12.4. The second-order valence-electron chi connectivity index (χ2n) is 9.74. The van der Waals surface area contributed by atoms with Crippen LogP contribution in [0.4, 0.5) is 4.39 Å². The Balaban J connectivity index is 1.39. The molecule has 1 aliphatic heterocycles. The van der Waals surface area contributed by atoms with E-state index < -0.39 is 5.60 Å². The van der Waals surface area contributed by atoms with Crippen LogP contribution < -0.4 is 0 Å². The minimum atomic E-state index is -0.933. The van der Waals surface area contributed by atoms with Crippen molar-refractivity contribution in [3.63, 3.8) is 0 Å². The number of carbonyl (C=O) groups is 1. The summed E-state index contributed by atoms with van der Waals surface area (Å²) in [5.74, 6) is -0.0868. The number of aliphatic hydroxyl groups is 1. The summed E-state index contributed by atoms with van der Waals surface area (Å²) in [7, 11) is 0. The number of pyridine rings is 1. The molecule has 6 rings (SSSR count). The maximum Gasteiger partial charge on any atom is 0.290 e. The van der Waals surface area contributed by atoms with Crippen molar-refractivity contribution < 1.29 is 14.3 Å². The summed E-state index contributed by atoms with van der Waals surface area (Å²) in [5.41, 5.74) is 2.24. The Hall–Kier alpha value is -3.51. The number of nitrogens with zero attached hydrogens (tertiary/aromatic N) is 3. The number of hydrogen-bond acceptors (Lipinski definition) is 3.